The molecule has 0 bridgehead atoms. The Morgan fingerprint density at radius 2 is 1.71 bits per heavy atom. The highest BCUT2D eigenvalue weighted by atomic mass is 16.2. The van der Waals surface area contributed by atoms with Crippen molar-refractivity contribution < 1.29 is 4.79 Å². The number of hydrogen-bond acceptors (Lipinski definition) is 4. The Bertz CT molecular complexity index is 1090. The fourth-order valence-corrected chi connectivity index (χ4v) is 3.81. The molecule has 1 aromatic heterocycles. The molecule has 0 N–H and O–H groups in total. The number of carbonyl (C=O) groups is 1. The lowest BCUT2D eigenvalue weighted by atomic mass is 10.1. The van der Waals surface area contributed by atoms with Crippen molar-refractivity contribution in [1.29, 1.82) is 5.26 Å². The Kier molecular flexibility index (Phi) is 4.70. The van der Waals surface area contributed by atoms with Gasteiger partial charge in [-0.3, -0.25) is 4.79 Å². The van der Waals surface area contributed by atoms with E-state index in [1.165, 1.54) is 0 Å². The van der Waals surface area contributed by atoms with Gasteiger partial charge in [0.1, 0.15) is 11.9 Å². The number of pyridine rings is 1. The number of nitriles is 1. The molecule has 0 unspecified atom stereocenters. The minimum absolute atomic E-state index is 0.0549. The van der Waals surface area contributed by atoms with Crippen LogP contribution >= 0.6 is 0 Å². The van der Waals surface area contributed by atoms with Crippen molar-refractivity contribution in [3.63, 3.8) is 0 Å². The van der Waals surface area contributed by atoms with Crippen molar-refractivity contribution >= 4 is 22.5 Å². The van der Waals surface area contributed by atoms with E-state index in [0.717, 1.165) is 33.4 Å². The first-order valence-electron chi connectivity index (χ1n) is 9.48. The number of rotatable bonds is 2. The fourth-order valence-electron chi connectivity index (χ4n) is 3.81. The zero-order chi connectivity index (χ0) is 19.7. The number of fused-ring (bicyclic) bond motifs is 1. The quantitative estimate of drug-likeness (QED) is 0.690. The first-order valence-corrected chi connectivity index (χ1v) is 9.48. The summed E-state index contributed by atoms with van der Waals surface area (Å²) in [5.74, 6) is 0.789. The fraction of sp³-hybridized carbons (Fsp3) is 0.261. The number of benzene rings is 2. The number of aromatic nitrogens is 1. The van der Waals surface area contributed by atoms with Crippen molar-refractivity contribution in [2.45, 2.75) is 13.8 Å². The predicted molar refractivity (Wildman–Crippen MR) is 110 cm³/mol. The number of aryl methyl sites for hydroxylation is 2. The van der Waals surface area contributed by atoms with E-state index in [4.69, 9.17) is 0 Å². The summed E-state index contributed by atoms with van der Waals surface area (Å²) in [7, 11) is 0. The highest BCUT2D eigenvalue weighted by molar-refractivity contribution is 5.98. The third-order valence-corrected chi connectivity index (χ3v) is 5.30. The number of carbonyl (C=O) groups excluding carboxylic acids is 1. The maximum atomic E-state index is 13.0. The van der Waals surface area contributed by atoms with Crippen LogP contribution in [0.5, 0.6) is 0 Å². The van der Waals surface area contributed by atoms with Gasteiger partial charge in [-0.1, -0.05) is 30.3 Å². The van der Waals surface area contributed by atoms with Crippen LogP contribution in [-0.2, 0) is 0 Å². The van der Waals surface area contributed by atoms with Crippen LogP contribution in [0.4, 0.5) is 5.82 Å². The molecule has 3 aromatic rings. The van der Waals surface area contributed by atoms with Crippen LogP contribution in [0.3, 0.4) is 0 Å². The molecule has 0 spiro atoms. The maximum Gasteiger partial charge on any atom is 0.253 e. The van der Waals surface area contributed by atoms with Gasteiger partial charge < -0.3 is 9.80 Å². The van der Waals surface area contributed by atoms with Gasteiger partial charge in [0, 0.05) is 37.4 Å². The van der Waals surface area contributed by atoms with Gasteiger partial charge in [-0.15, -0.1) is 0 Å². The van der Waals surface area contributed by atoms with Crippen LogP contribution in [0.25, 0.3) is 10.8 Å². The van der Waals surface area contributed by atoms with Crippen molar-refractivity contribution in [2.75, 3.05) is 31.1 Å². The molecule has 140 valence electrons. The van der Waals surface area contributed by atoms with Gasteiger partial charge in [-0.25, -0.2) is 4.98 Å². The summed E-state index contributed by atoms with van der Waals surface area (Å²) in [5.41, 5.74) is 3.19. The molecule has 1 aliphatic heterocycles. The van der Waals surface area contributed by atoms with Crippen LogP contribution in [0.2, 0.25) is 0 Å². The van der Waals surface area contributed by atoms with Gasteiger partial charge in [-0.05, 0) is 48.4 Å². The second-order valence-electron chi connectivity index (χ2n) is 7.23. The standard InChI is InChI=1S/C23H22N4O/c1-16-13-17(2)25-22(21(16)15-24)26-9-11-27(12-10-26)23(28)20-8-7-18-5-3-4-6-19(18)14-20/h3-8,13-14H,9-12H2,1-2H3. The molecule has 2 heterocycles. The molecule has 1 amide bonds. The lowest BCUT2D eigenvalue weighted by Crippen LogP contribution is -2.49. The average Bonchev–Trinajstić information content (AvgIpc) is 2.72. The van der Waals surface area contributed by atoms with Crippen molar-refractivity contribution in [1.82, 2.24) is 9.88 Å². The van der Waals surface area contributed by atoms with Crippen LogP contribution in [0, 0.1) is 25.2 Å². The Morgan fingerprint density at radius 3 is 2.43 bits per heavy atom. The van der Waals surface area contributed by atoms with Crippen molar-refractivity contribution in [2.24, 2.45) is 0 Å². The Morgan fingerprint density at radius 1 is 1.00 bits per heavy atom. The van der Waals surface area contributed by atoms with Gasteiger partial charge in [0.25, 0.3) is 5.91 Å². The second-order valence-corrected chi connectivity index (χ2v) is 7.23. The zero-order valence-electron chi connectivity index (χ0n) is 16.1. The molecule has 0 atom stereocenters. The van der Waals surface area contributed by atoms with Gasteiger partial charge in [0.15, 0.2) is 0 Å². The number of piperazine rings is 1. The van der Waals surface area contributed by atoms with Gasteiger partial charge in [0.2, 0.25) is 0 Å². The van der Waals surface area contributed by atoms with E-state index in [1.807, 2.05) is 67.3 Å². The Hall–Kier alpha value is -3.39. The summed E-state index contributed by atoms with van der Waals surface area (Å²) in [6, 6.07) is 18.1. The minimum atomic E-state index is 0.0549. The molecule has 2 aromatic carbocycles. The van der Waals surface area contributed by atoms with E-state index in [0.29, 0.717) is 31.7 Å². The zero-order valence-corrected chi connectivity index (χ0v) is 16.1. The molecule has 0 saturated carbocycles. The highest BCUT2D eigenvalue weighted by Crippen LogP contribution is 2.24. The van der Waals surface area contributed by atoms with Crippen molar-refractivity contribution in [3.8, 4) is 6.07 Å². The van der Waals surface area contributed by atoms with Gasteiger partial charge >= 0.3 is 0 Å². The summed E-state index contributed by atoms with van der Waals surface area (Å²) >= 11 is 0. The molecule has 5 nitrogen and oxygen atoms in total. The highest BCUT2D eigenvalue weighted by Gasteiger charge is 2.25. The normalized spacial score (nSPS) is 14.2. The second kappa shape index (κ2) is 7.32. The van der Waals surface area contributed by atoms with Crippen molar-refractivity contribution in [3.05, 3.63) is 70.9 Å². The van der Waals surface area contributed by atoms with Crippen LogP contribution in [-0.4, -0.2) is 42.0 Å². The molecule has 28 heavy (non-hydrogen) atoms. The lowest BCUT2D eigenvalue weighted by molar-refractivity contribution is 0.0746. The molecule has 0 radical (unpaired) electrons. The minimum Gasteiger partial charge on any atom is -0.352 e. The molecule has 1 fully saturated rings. The molecular formula is C23H22N4O. The topological polar surface area (TPSA) is 60.2 Å². The Balaban J connectivity index is 1.51. The molecule has 0 aliphatic carbocycles. The third kappa shape index (κ3) is 3.29. The molecule has 1 aliphatic rings. The first-order chi connectivity index (χ1) is 13.6. The number of anilines is 1. The van der Waals surface area contributed by atoms with E-state index in [-0.39, 0.29) is 5.91 Å². The maximum absolute atomic E-state index is 13.0. The monoisotopic (exact) mass is 370 g/mol. The molecule has 5 heteroatoms. The summed E-state index contributed by atoms with van der Waals surface area (Å²) in [4.78, 5) is 21.5. The average molecular weight is 370 g/mol. The summed E-state index contributed by atoms with van der Waals surface area (Å²) in [6.07, 6.45) is 0. The van der Waals surface area contributed by atoms with Gasteiger partial charge in [-0.2, -0.15) is 5.26 Å². The first kappa shape index (κ1) is 18.0. The van der Waals surface area contributed by atoms with E-state index in [9.17, 15) is 10.1 Å². The summed E-state index contributed by atoms with van der Waals surface area (Å²) in [6.45, 7) is 6.46. The largest absolute Gasteiger partial charge is 0.352 e. The van der Waals surface area contributed by atoms with Gasteiger partial charge in [0.05, 0.1) is 5.56 Å². The third-order valence-electron chi connectivity index (χ3n) is 5.30. The smallest absolute Gasteiger partial charge is 0.253 e. The van der Waals surface area contributed by atoms with E-state index in [1.54, 1.807) is 0 Å². The van der Waals surface area contributed by atoms with Crippen LogP contribution < -0.4 is 4.90 Å². The molecular weight excluding hydrogens is 348 g/mol. The summed E-state index contributed by atoms with van der Waals surface area (Å²) in [5, 5.41) is 11.7. The van der Waals surface area contributed by atoms with E-state index in [2.05, 4.69) is 16.0 Å². The number of nitrogens with zero attached hydrogens (tertiary/aromatic N) is 4. The van der Waals surface area contributed by atoms with Crippen LogP contribution in [0.15, 0.2) is 48.5 Å². The van der Waals surface area contributed by atoms with Crippen LogP contribution in [0.1, 0.15) is 27.2 Å². The predicted octanol–water partition coefficient (Wildman–Crippen LogP) is 3.69. The lowest BCUT2D eigenvalue weighted by Gasteiger charge is -2.36. The molecule has 1 saturated heterocycles. The van der Waals surface area contributed by atoms with E-state index < -0.39 is 0 Å². The molecule has 4 rings (SSSR count). The SMILES string of the molecule is Cc1cc(C)c(C#N)c(N2CCN(C(=O)c3ccc4ccccc4c3)CC2)n1. The Labute approximate surface area is 164 Å². The number of amides is 1. The van der Waals surface area contributed by atoms with E-state index >= 15 is 0 Å². The summed E-state index contributed by atoms with van der Waals surface area (Å²) < 4.78 is 0. The number of hydrogen-bond donors (Lipinski definition) is 0.